The Morgan fingerprint density at radius 3 is 2.46 bits per heavy atom. The monoisotopic (exact) mass is 211 g/mol. The minimum absolute atomic E-state index is 0.165. The molecule has 2 N–H and O–H groups in total. The van der Waals surface area contributed by atoms with E-state index in [9.17, 15) is 13.2 Å². The fraction of sp³-hybridized carbons (Fsp3) is 0.800. The highest BCUT2D eigenvalue weighted by Crippen LogP contribution is 2.23. The summed E-state index contributed by atoms with van der Waals surface area (Å²) in [5.41, 5.74) is 0. The van der Waals surface area contributed by atoms with E-state index >= 15 is 0 Å². The number of methoxy groups -OCH3 is 1. The molecule has 13 heavy (non-hydrogen) atoms. The highest BCUT2D eigenvalue weighted by atomic mass is 32.2. The van der Waals surface area contributed by atoms with Crippen LogP contribution in [0.3, 0.4) is 0 Å². The molecule has 0 bridgehead atoms. The van der Waals surface area contributed by atoms with E-state index in [4.69, 9.17) is 9.76 Å². The molecule has 0 aromatic rings. The Morgan fingerprint density at radius 1 is 1.62 bits per heavy atom. The third-order valence-electron chi connectivity index (χ3n) is 1.81. The van der Waals surface area contributed by atoms with Gasteiger partial charge in [0.25, 0.3) is 10.1 Å². The fourth-order valence-electron chi connectivity index (χ4n) is 1.17. The van der Waals surface area contributed by atoms with Gasteiger partial charge in [-0.25, -0.2) is 0 Å². The molecule has 1 saturated heterocycles. The SMILES string of the molecule is COC1C(S(=O)(=O)O)CC(=O)N1O. The first kappa shape index (κ1) is 10.4. The van der Waals surface area contributed by atoms with Gasteiger partial charge >= 0.3 is 0 Å². The van der Waals surface area contributed by atoms with E-state index in [0.717, 1.165) is 7.11 Å². The number of carbonyl (C=O) groups excluding carboxylic acids is 1. The van der Waals surface area contributed by atoms with E-state index in [0.29, 0.717) is 0 Å². The van der Waals surface area contributed by atoms with Crippen molar-refractivity contribution < 1.29 is 27.7 Å². The van der Waals surface area contributed by atoms with Crippen molar-refractivity contribution in [3.05, 3.63) is 0 Å². The lowest BCUT2D eigenvalue weighted by molar-refractivity contribution is -0.195. The molecular formula is C5H9NO6S. The van der Waals surface area contributed by atoms with Crippen LogP contribution in [0, 0.1) is 0 Å². The van der Waals surface area contributed by atoms with Crippen molar-refractivity contribution in [2.75, 3.05) is 7.11 Å². The van der Waals surface area contributed by atoms with E-state index in [1.165, 1.54) is 0 Å². The Hall–Kier alpha value is -0.700. The smallest absolute Gasteiger partial charge is 0.272 e. The molecular weight excluding hydrogens is 202 g/mol. The summed E-state index contributed by atoms with van der Waals surface area (Å²) in [6, 6.07) is 0. The van der Waals surface area contributed by atoms with Crippen LogP contribution in [0.4, 0.5) is 0 Å². The third-order valence-corrected chi connectivity index (χ3v) is 2.98. The summed E-state index contributed by atoms with van der Waals surface area (Å²) in [4.78, 5) is 10.8. The van der Waals surface area contributed by atoms with E-state index in [1.807, 2.05) is 0 Å². The van der Waals surface area contributed by atoms with Crippen molar-refractivity contribution in [2.45, 2.75) is 17.9 Å². The molecule has 2 unspecified atom stereocenters. The minimum atomic E-state index is -4.38. The van der Waals surface area contributed by atoms with Gasteiger partial charge in [-0.2, -0.15) is 13.5 Å². The van der Waals surface area contributed by atoms with Gasteiger partial charge in [-0.15, -0.1) is 0 Å². The molecule has 76 valence electrons. The maximum atomic E-state index is 10.8. The molecule has 0 aliphatic carbocycles. The van der Waals surface area contributed by atoms with Gasteiger partial charge in [-0.1, -0.05) is 0 Å². The fourth-order valence-corrected chi connectivity index (χ4v) is 2.04. The average molecular weight is 211 g/mol. The summed E-state index contributed by atoms with van der Waals surface area (Å²) in [6.07, 6.45) is -1.81. The van der Waals surface area contributed by atoms with Crippen LogP contribution >= 0.6 is 0 Å². The highest BCUT2D eigenvalue weighted by molar-refractivity contribution is 7.86. The number of hydrogen-bond donors (Lipinski definition) is 2. The summed E-state index contributed by atoms with van der Waals surface area (Å²) >= 11 is 0. The quantitative estimate of drug-likeness (QED) is 0.441. The van der Waals surface area contributed by atoms with Gasteiger partial charge in [0.2, 0.25) is 5.91 Å². The molecule has 2 atom stereocenters. The molecule has 1 fully saturated rings. The average Bonchev–Trinajstić information content (AvgIpc) is 2.28. The van der Waals surface area contributed by atoms with Gasteiger partial charge in [0.05, 0.1) is 6.42 Å². The summed E-state index contributed by atoms with van der Waals surface area (Å²) in [6.45, 7) is 0. The number of nitrogens with zero attached hydrogens (tertiary/aromatic N) is 1. The molecule has 0 aromatic heterocycles. The topological polar surface area (TPSA) is 104 Å². The first-order valence-electron chi connectivity index (χ1n) is 3.38. The number of rotatable bonds is 2. The second-order valence-electron chi connectivity index (χ2n) is 2.62. The number of amides is 1. The van der Waals surface area contributed by atoms with Crippen molar-refractivity contribution in [3.8, 4) is 0 Å². The molecule has 1 rings (SSSR count). The van der Waals surface area contributed by atoms with Gasteiger partial charge in [-0.05, 0) is 0 Å². The molecule has 1 aliphatic heterocycles. The molecule has 1 aliphatic rings. The summed E-state index contributed by atoms with van der Waals surface area (Å²) < 4.78 is 34.6. The Morgan fingerprint density at radius 2 is 2.15 bits per heavy atom. The van der Waals surface area contributed by atoms with E-state index in [2.05, 4.69) is 4.74 Å². The van der Waals surface area contributed by atoms with Crippen LogP contribution in [0.1, 0.15) is 6.42 Å². The van der Waals surface area contributed by atoms with Crippen LogP contribution in [0.15, 0.2) is 0 Å². The van der Waals surface area contributed by atoms with Crippen LogP contribution in [0.2, 0.25) is 0 Å². The number of hydroxylamine groups is 2. The summed E-state index contributed by atoms with van der Waals surface area (Å²) in [7, 11) is -3.25. The van der Waals surface area contributed by atoms with Crippen molar-refractivity contribution in [1.29, 1.82) is 0 Å². The molecule has 8 heteroatoms. The zero-order chi connectivity index (χ0) is 10.2. The Balaban J connectivity index is 2.96. The van der Waals surface area contributed by atoms with Gasteiger partial charge in [0.1, 0.15) is 5.25 Å². The van der Waals surface area contributed by atoms with Crippen LogP contribution in [-0.2, 0) is 19.6 Å². The van der Waals surface area contributed by atoms with Crippen molar-refractivity contribution in [3.63, 3.8) is 0 Å². The van der Waals surface area contributed by atoms with Gasteiger partial charge in [0.15, 0.2) is 6.23 Å². The standard InChI is InChI=1S/C5H9NO6S/c1-12-5-3(13(9,10)11)2-4(7)6(5)8/h3,5,8H,2H2,1H3,(H,9,10,11). The lowest BCUT2D eigenvalue weighted by Gasteiger charge is -2.18. The summed E-state index contributed by atoms with van der Waals surface area (Å²) in [5.74, 6) is -0.797. The maximum Gasteiger partial charge on any atom is 0.272 e. The lowest BCUT2D eigenvalue weighted by Crippen LogP contribution is -2.39. The predicted molar refractivity (Wildman–Crippen MR) is 39.4 cm³/mol. The van der Waals surface area contributed by atoms with Crippen LogP contribution in [0.5, 0.6) is 0 Å². The van der Waals surface area contributed by atoms with Gasteiger partial charge in [-0.3, -0.25) is 14.6 Å². The van der Waals surface area contributed by atoms with E-state index in [-0.39, 0.29) is 5.06 Å². The number of carbonyl (C=O) groups is 1. The molecule has 0 spiro atoms. The van der Waals surface area contributed by atoms with Crippen LogP contribution in [0.25, 0.3) is 0 Å². The minimum Gasteiger partial charge on any atom is -0.358 e. The number of hydrogen-bond acceptors (Lipinski definition) is 5. The van der Waals surface area contributed by atoms with Crippen LogP contribution in [-0.4, -0.2) is 47.7 Å². The van der Waals surface area contributed by atoms with Crippen molar-refractivity contribution in [2.24, 2.45) is 0 Å². The van der Waals surface area contributed by atoms with Crippen LogP contribution < -0.4 is 0 Å². The Kier molecular flexibility index (Phi) is 2.57. The second-order valence-corrected chi connectivity index (χ2v) is 4.26. The second kappa shape index (κ2) is 3.22. The molecule has 0 radical (unpaired) electrons. The molecule has 1 heterocycles. The first-order chi connectivity index (χ1) is 5.88. The third kappa shape index (κ3) is 1.80. The molecule has 0 aromatic carbocycles. The zero-order valence-corrected chi connectivity index (χ0v) is 7.56. The first-order valence-corrected chi connectivity index (χ1v) is 4.88. The van der Waals surface area contributed by atoms with Crippen molar-refractivity contribution >= 4 is 16.0 Å². The largest absolute Gasteiger partial charge is 0.358 e. The predicted octanol–water partition coefficient (Wildman–Crippen LogP) is -1.16. The number of ether oxygens (including phenoxy) is 1. The molecule has 0 saturated carbocycles. The molecule has 1 amide bonds. The lowest BCUT2D eigenvalue weighted by atomic mass is 10.3. The Labute approximate surface area is 74.6 Å². The van der Waals surface area contributed by atoms with Gasteiger partial charge in [0, 0.05) is 7.11 Å². The zero-order valence-electron chi connectivity index (χ0n) is 6.74. The highest BCUT2D eigenvalue weighted by Gasteiger charge is 2.46. The van der Waals surface area contributed by atoms with Gasteiger partial charge < -0.3 is 4.74 Å². The summed E-state index contributed by atoms with van der Waals surface area (Å²) in [5, 5.41) is 7.72. The maximum absolute atomic E-state index is 10.8. The normalized spacial score (nSPS) is 29.8. The molecule has 7 nitrogen and oxygen atoms in total. The van der Waals surface area contributed by atoms with E-state index in [1.54, 1.807) is 0 Å². The van der Waals surface area contributed by atoms with E-state index < -0.39 is 33.9 Å². The Bertz CT molecular complexity index is 311. The van der Waals surface area contributed by atoms with Crippen molar-refractivity contribution in [1.82, 2.24) is 5.06 Å².